The molecule has 1 saturated heterocycles. The summed E-state index contributed by atoms with van der Waals surface area (Å²) < 4.78 is 11.2. The first kappa shape index (κ1) is 15.6. The molecule has 0 radical (unpaired) electrons. The van der Waals surface area contributed by atoms with Crippen LogP contribution in [0.3, 0.4) is 0 Å². The number of carbonyl (C=O) groups excluding carboxylic acids is 2. The van der Waals surface area contributed by atoms with E-state index in [1.54, 1.807) is 6.07 Å². The highest BCUT2D eigenvalue weighted by molar-refractivity contribution is 7.44. The van der Waals surface area contributed by atoms with Crippen molar-refractivity contribution in [2.45, 2.75) is 51.6 Å². The fraction of sp³-hybridized carbons (Fsp3) is 0.500. The van der Waals surface area contributed by atoms with E-state index in [0.717, 1.165) is 12.5 Å². The molecule has 1 aromatic rings. The van der Waals surface area contributed by atoms with Crippen LogP contribution in [0, 0.1) is 0 Å². The van der Waals surface area contributed by atoms with Gasteiger partial charge in [-0.3, -0.25) is 0 Å². The van der Waals surface area contributed by atoms with E-state index in [1.807, 2.05) is 12.1 Å². The number of carbonyl (C=O) groups is 2. The molecule has 3 rings (SSSR count). The summed E-state index contributed by atoms with van der Waals surface area (Å²) in [6, 6.07) is 6.81. The largest absolute Gasteiger partial charge is 0.415 e. The molecule has 1 aromatic carbocycles. The summed E-state index contributed by atoms with van der Waals surface area (Å²) in [5, 5.41) is 1.21. The highest BCUT2D eigenvalue weighted by Gasteiger charge is 2.54. The number of cyclic esters (lactones) is 2. The average molecular weight is 335 g/mol. The van der Waals surface area contributed by atoms with Gasteiger partial charge in [-0.25, -0.2) is 9.59 Å². The SMILES string of the molecule is CC1(C)CC[Si](C)(c2ccc3c(c2)C(=O)OC3=O)[Si](C)(C)O1. The van der Waals surface area contributed by atoms with Crippen molar-refractivity contribution < 1.29 is 18.8 Å². The minimum absolute atomic E-state index is 0.0617. The first-order valence-electron chi connectivity index (χ1n) is 7.67. The van der Waals surface area contributed by atoms with Gasteiger partial charge in [0, 0.05) is 0 Å². The van der Waals surface area contributed by atoms with Crippen LogP contribution < -0.4 is 5.19 Å². The highest BCUT2D eigenvalue weighted by Crippen LogP contribution is 2.38. The topological polar surface area (TPSA) is 52.6 Å². The predicted molar refractivity (Wildman–Crippen MR) is 89.5 cm³/mol. The molecular weight excluding hydrogens is 312 g/mol. The number of fused-ring (bicyclic) bond motifs is 1. The second-order valence-corrected chi connectivity index (χ2v) is 21.5. The van der Waals surface area contributed by atoms with Gasteiger partial charge in [0.05, 0.1) is 16.7 Å². The second-order valence-electron chi connectivity index (χ2n) is 7.64. The van der Waals surface area contributed by atoms with Crippen molar-refractivity contribution in [2.24, 2.45) is 0 Å². The molecule has 0 aromatic heterocycles. The number of hydrogen-bond acceptors (Lipinski definition) is 4. The summed E-state index contributed by atoms with van der Waals surface area (Å²) in [5.41, 5.74) is 0.752. The quantitative estimate of drug-likeness (QED) is 0.450. The van der Waals surface area contributed by atoms with Crippen LogP contribution in [0.25, 0.3) is 0 Å². The van der Waals surface area contributed by atoms with Crippen molar-refractivity contribution in [1.29, 1.82) is 0 Å². The Hall–Kier alpha value is -1.25. The van der Waals surface area contributed by atoms with Crippen LogP contribution in [0.4, 0.5) is 0 Å². The number of esters is 2. The normalized spacial score (nSPS) is 29.1. The molecule has 6 heteroatoms. The van der Waals surface area contributed by atoms with E-state index < -0.39 is 27.4 Å². The van der Waals surface area contributed by atoms with Crippen LogP contribution in [0.5, 0.6) is 0 Å². The second kappa shape index (κ2) is 4.63. The minimum Gasteiger partial charge on any atom is -0.415 e. The van der Waals surface area contributed by atoms with Crippen molar-refractivity contribution >= 4 is 32.6 Å². The van der Waals surface area contributed by atoms with E-state index >= 15 is 0 Å². The zero-order valence-electron chi connectivity index (χ0n) is 13.8. The van der Waals surface area contributed by atoms with Gasteiger partial charge < -0.3 is 9.16 Å². The first-order chi connectivity index (χ1) is 10.1. The molecule has 1 atom stereocenters. The third-order valence-corrected chi connectivity index (χ3v) is 21.8. The average Bonchev–Trinajstić information content (AvgIpc) is 2.68. The molecule has 22 heavy (non-hydrogen) atoms. The number of rotatable bonds is 1. The van der Waals surface area contributed by atoms with Crippen LogP contribution in [0.15, 0.2) is 18.2 Å². The highest BCUT2D eigenvalue weighted by atomic mass is 29.3. The maximum atomic E-state index is 11.8. The van der Waals surface area contributed by atoms with Crippen molar-refractivity contribution in [3.63, 3.8) is 0 Å². The van der Waals surface area contributed by atoms with Gasteiger partial charge in [-0.2, -0.15) is 0 Å². The van der Waals surface area contributed by atoms with Gasteiger partial charge in [0.1, 0.15) is 7.59 Å². The minimum atomic E-state index is -1.89. The fourth-order valence-corrected chi connectivity index (χ4v) is 15.2. The molecule has 1 unspecified atom stereocenters. The summed E-state index contributed by atoms with van der Waals surface area (Å²) in [7, 11) is -3.72. The van der Waals surface area contributed by atoms with Gasteiger partial charge in [-0.15, -0.1) is 0 Å². The Balaban J connectivity index is 2.06. The van der Waals surface area contributed by atoms with Gasteiger partial charge in [-0.05, 0) is 45.5 Å². The maximum Gasteiger partial charge on any atom is 0.346 e. The Morgan fingerprint density at radius 3 is 2.32 bits per heavy atom. The van der Waals surface area contributed by atoms with Crippen molar-refractivity contribution in [3.8, 4) is 0 Å². The molecule has 0 aliphatic carbocycles. The monoisotopic (exact) mass is 334 g/mol. The lowest BCUT2D eigenvalue weighted by atomic mass is 10.1. The van der Waals surface area contributed by atoms with Gasteiger partial charge in [0.15, 0.2) is 7.83 Å². The summed E-state index contributed by atoms with van der Waals surface area (Å²) >= 11 is 0. The zero-order valence-corrected chi connectivity index (χ0v) is 15.8. The number of ether oxygens (including phenoxy) is 1. The van der Waals surface area contributed by atoms with E-state index in [9.17, 15) is 9.59 Å². The summed E-state index contributed by atoms with van der Waals surface area (Å²) in [4.78, 5) is 23.4. The van der Waals surface area contributed by atoms with E-state index in [0.29, 0.717) is 11.1 Å². The Morgan fingerprint density at radius 1 is 1.05 bits per heavy atom. The van der Waals surface area contributed by atoms with Gasteiger partial charge in [-0.1, -0.05) is 23.8 Å². The molecule has 0 N–H and O–H groups in total. The lowest BCUT2D eigenvalue weighted by molar-refractivity contribution is 0.0443. The molecule has 0 spiro atoms. The first-order valence-corrected chi connectivity index (χ1v) is 14.3. The zero-order chi connectivity index (χ0) is 16.3. The summed E-state index contributed by atoms with van der Waals surface area (Å²) in [5.74, 6) is -1.05. The van der Waals surface area contributed by atoms with Crippen LogP contribution in [0.1, 0.15) is 41.0 Å². The number of benzene rings is 1. The van der Waals surface area contributed by atoms with Crippen LogP contribution in [-0.4, -0.2) is 33.0 Å². The Bertz CT molecular complexity index is 681. The molecule has 2 aliphatic rings. The van der Waals surface area contributed by atoms with Gasteiger partial charge in [0.2, 0.25) is 0 Å². The lowest BCUT2D eigenvalue weighted by Crippen LogP contribution is -2.71. The molecule has 0 amide bonds. The lowest BCUT2D eigenvalue weighted by Gasteiger charge is -2.51. The number of hydrogen-bond donors (Lipinski definition) is 0. The van der Waals surface area contributed by atoms with Gasteiger partial charge >= 0.3 is 11.9 Å². The fourth-order valence-electron chi connectivity index (χ4n) is 3.63. The van der Waals surface area contributed by atoms with Crippen molar-refractivity contribution in [1.82, 2.24) is 0 Å². The molecule has 4 nitrogen and oxygen atoms in total. The Labute approximate surface area is 132 Å². The molecule has 1 fully saturated rings. The standard InChI is InChI=1S/C16H22O4Si2/c1-16(2)8-9-22(5,21(3,4)20-16)11-6-7-12-13(10-11)15(18)19-14(12)17/h6-7,10H,8-9H2,1-5H3. The molecule has 0 bridgehead atoms. The third kappa shape index (κ3) is 2.21. The van der Waals surface area contributed by atoms with E-state index in [4.69, 9.17) is 9.16 Å². The van der Waals surface area contributed by atoms with Crippen LogP contribution >= 0.6 is 0 Å². The predicted octanol–water partition coefficient (Wildman–Crippen LogP) is 2.77. The maximum absolute atomic E-state index is 11.8. The molecular formula is C16H22O4Si2. The molecule has 0 saturated carbocycles. The van der Waals surface area contributed by atoms with Crippen molar-refractivity contribution in [3.05, 3.63) is 29.3 Å². The summed E-state index contributed by atoms with van der Waals surface area (Å²) in [6.07, 6.45) is 1.03. The van der Waals surface area contributed by atoms with E-state index in [2.05, 4.69) is 33.5 Å². The van der Waals surface area contributed by atoms with Gasteiger partial charge in [0.25, 0.3) is 0 Å². The smallest absolute Gasteiger partial charge is 0.346 e. The Kier molecular flexibility index (Phi) is 3.29. The third-order valence-electron chi connectivity index (χ3n) is 5.37. The summed E-state index contributed by atoms with van der Waals surface area (Å²) in [6.45, 7) is 11.3. The molecule has 2 heterocycles. The van der Waals surface area contributed by atoms with E-state index in [-0.39, 0.29) is 5.60 Å². The molecule has 118 valence electrons. The van der Waals surface area contributed by atoms with Crippen LogP contribution in [0.2, 0.25) is 25.7 Å². The van der Waals surface area contributed by atoms with Crippen LogP contribution in [-0.2, 0) is 9.16 Å². The van der Waals surface area contributed by atoms with E-state index in [1.165, 1.54) is 5.19 Å². The van der Waals surface area contributed by atoms with Crippen molar-refractivity contribution in [2.75, 3.05) is 0 Å². The Morgan fingerprint density at radius 2 is 1.68 bits per heavy atom. The molecule has 2 aliphatic heterocycles.